The molecule has 0 spiro atoms. The second-order valence-electron chi connectivity index (χ2n) is 13.0. The highest BCUT2D eigenvalue weighted by Gasteiger charge is 2.38. The number of aromatic nitrogens is 1. The van der Waals surface area contributed by atoms with Crippen LogP contribution in [0.2, 0.25) is 5.02 Å². The van der Waals surface area contributed by atoms with Crippen molar-refractivity contribution in [3.05, 3.63) is 88.8 Å². The molecule has 1 aromatic heterocycles. The number of carbonyl (C=O) groups is 2. The maximum Gasteiger partial charge on any atom is 0.318 e. The van der Waals surface area contributed by atoms with Crippen LogP contribution in [0.5, 0.6) is 0 Å². The van der Waals surface area contributed by atoms with E-state index in [1.165, 1.54) is 0 Å². The van der Waals surface area contributed by atoms with Gasteiger partial charge in [0.1, 0.15) is 17.9 Å². The van der Waals surface area contributed by atoms with Crippen LogP contribution < -0.4 is 10.2 Å². The molecule has 0 saturated carbocycles. The highest BCUT2D eigenvalue weighted by atomic mass is 35.5. The summed E-state index contributed by atoms with van der Waals surface area (Å²) in [5, 5.41) is 4.92. The summed E-state index contributed by atoms with van der Waals surface area (Å²) in [4.78, 5) is 37.8. The van der Waals surface area contributed by atoms with Gasteiger partial charge in [-0.2, -0.15) is 0 Å². The molecule has 9 heteroatoms. The van der Waals surface area contributed by atoms with Crippen LogP contribution in [0.15, 0.2) is 72.6 Å². The monoisotopic (exact) mass is 629 g/mol. The number of rotatable bonds is 8. The highest BCUT2D eigenvalue weighted by Crippen LogP contribution is 2.35. The number of ether oxygens (including phenoxy) is 1. The number of hydrogen-bond acceptors (Lipinski definition) is 4. The minimum Gasteiger partial charge on any atom is -0.491 e. The Morgan fingerprint density at radius 3 is 2.69 bits per heavy atom. The molecular weight excluding hydrogens is 586 g/mol. The van der Waals surface area contributed by atoms with Gasteiger partial charge >= 0.3 is 6.03 Å². The van der Waals surface area contributed by atoms with Crippen molar-refractivity contribution in [3.8, 4) is 0 Å². The molecule has 1 aliphatic carbocycles. The number of nitrogens with zero attached hydrogens (tertiary/aromatic N) is 3. The number of allylic oxidation sites excluding steroid dienone is 3. The molecular formula is C36H44ClN5O3. The first-order valence-electron chi connectivity index (χ1n) is 16.2. The number of hydrogen-bond donors (Lipinski definition) is 2. The number of H-pyrrole nitrogens is 1. The minimum absolute atomic E-state index is 0.0796. The Labute approximate surface area is 271 Å². The summed E-state index contributed by atoms with van der Waals surface area (Å²) in [6.45, 7) is 4.60. The standard InChI is InChI=1S/C36H44ClN5O3/c1-24(31-21-38-32-12-8-7-11-30(31)32)34(39-36(44)41-17-15-29(16-18-41)45-28-9-5-4-6-10-28)35(43)42-23-25(22-40(2)3)19-26-20-27(37)13-14-33(26)42/h5,7-14,20-21,24-25,29,34,38H,4,6,15-19,22-23H2,1-3H3,(H,39,44)/t24?,25-,34?/m1/s1. The zero-order valence-electron chi connectivity index (χ0n) is 26.5. The Morgan fingerprint density at radius 1 is 1.13 bits per heavy atom. The number of urea groups is 1. The second kappa shape index (κ2) is 13.7. The summed E-state index contributed by atoms with van der Waals surface area (Å²) in [6, 6.07) is 12.9. The molecule has 1 fully saturated rings. The topological polar surface area (TPSA) is 80.9 Å². The van der Waals surface area contributed by atoms with Gasteiger partial charge in [0, 0.05) is 72.7 Å². The average molecular weight is 630 g/mol. The molecule has 6 rings (SSSR count). The number of halogens is 1. The van der Waals surface area contributed by atoms with Crippen LogP contribution in [-0.2, 0) is 16.0 Å². The van der Waals surface area contributed by atoms with Crippen LogP contribution in [0.1, 0.15) is 49.7 Å². The maximum atomic E-state index is 14.7. The third-order valence-corrected chi connectivity index (χ3v) is 9.56. The predicted octanol–water partition coefficient (Wildman–Crippen LogP) is 6.49. The molecule has 1 saturated heterocycles. The Kier molecular flexibility index (Phi) is 9.52. The number of carbonyl (C=O) groups excluding carboxylic acids is 2. The highest BCUT2D eigenvalue weighted by molar-refractivity contribution is 6.30. The van der Waals surface area contributed by atoms with E-state index in [1.54, 1.807) is 0 Å². The lowest BCUT2D eigenvalue weighted by Crippen LogP contribution is -2.57. The SMILES string of the molecule is CC(c1c[nH]c2ccccc12)C(NC(=O)N1CCC(OC2=CCCC=C2)CC1)C(=O)N1C[C@@H](CN(C)C)Cc2cc(Cl)ccc21. The van der Waals surface area contributed by atoms with Crippen molar-refractivity contribution in [3.63, 3.8) is 0 Å². The van der Waals surface area contributed by atoms with Crippen LogP contribution in [0.4, 0.5) is 10.5 Å². The van der Waals surface area contributed by atoms with Crippen LogP contribution >= 0.6 is 11.6 Å². The number of likely N-dealkylation sites (tertiary alicyclic amines) is 1. The van der Waals surface area contributed by atoms with Crippen molar-refractivity contribution >= 4 is 40.1 Å². The number of piperidine rings is 1. The molecule has 0 radical (unpaired) electrons. The van der Waals surface area contributed by atoms with Gasteiger partial charge in [0.25, 0.3) is 0 Å². The lowest BCUT2D eigenvalue weighted by molar-refractivity contribution is -0.121. The first kappa shape index (κ1) is 31.2. The molecule has 3 amide bonds. The third-order valence-electron chi connectivity index (χ3n) is 9.32. The predicted molar refractivity (Wildman–Crippen MR) is 181 cm³/mol. The van der Waals surface area contributed by atoms with Gasteiger partial charge in [0.2, 0.25) is 5.91 Å². The number of benzene rings is 2. The summed E-state index contributed by atoms with van der Waals surface area (Å²) < 4.78 is 6.20. The van der Waals surface area contributed by atoms with Gasteiger partial charge in [-0.3, -0.25) is 4.79 Å². The van der Waals surface area contributed by atoms with Gasteiger partial charge in [0.05, 0.1) is 0 Å². The molecule has 2 unspecified atom stereocenters. The van der Waals surface area contributed by atoms with Crippen molar-refractivity contribution in [2.45, 2.75) is 57.1 Å². The number of para-hydroxylation sites is 1. The minimum atomic E-state index is -0.773. The van der Waals surface area contributed by atoms with Crippen LogP contribution in [0.3, 0.4) is 0 Å². The van der Waals surface area contributed by atoms with E-state index in [-0.39, 0.29) is 29.9 Å². The Balaban J connectivity index is 1.25. The van der Waals surface area contributed by atoms with E-state index in [0.717, 1.165) is 72.1 Å². The zero-order valence-corrected chi connectivity index (χ0v) is 27.2. The number of anilines is 1. The number of nitrogens with one attached hydrogen (secondary N) is 2. The molecule has 2 aliphatic heterocycles. The van der Waals surface area contributed by atoms with Gasteiger partial charge in [-0.15, -0.1) is 0 Å². The Hall–Kier alpha value is -3.75. The number of amides is 3. The van der Waals surface area contributed by atoms with Gasteiger partial charge in [-0.05, 0) is 86.8 Å². The lowest BCUT2D eigenvalue weighted by Gasteiger charge is -2.39. The van der Waals surface area contributed by atoms with Gasteiger partial charge in [-0.25, -0.2) is 4.79 Å². The zero-order chi connectivity index (χ0) is 31.5. The number of fused-ring (bicyclic) bond motifs is 2. The molecule has 2 aromatic carbocycles. The van der Waals surface area contributed by atoms with Crippen LogP contribution in [-0.4, -0.2) is 79.1 Å². The van der Waals surface area contributed by atoms with Gasteiger partial charge < -0.3 is 29.7 Å². The fourth-order valence-electron chi connectivity index (χ4n) is 7.05. The van der Waals surface area contributed by atoms with E-state index in [1.807, 2.05) is 65.4 Å². The smallest absolute Gasteiger partial charge is 0.318 e. The van der Waals surface area contributed by atoms with Crippen LogP contribution in [0.25, 0.3) is 10.9 Å². The van der Waals surface area contributed by atoms with Crippen molar-refractivity contribution in [2.24, 2.45) is 5.92 Å². The molecule has 45 heavy (non-hydrogen) atoms. The fraction of sp³-hybridized carbons (Fsp3) is 0.444. The van der Waals surface area contributed by atoms with E-state index in [9.17, 15) is 9.59 Å². The number of aromatic amines is 1. The average Bonchev–Trinajstić information content (AvgIpc) is 3.47. The van der Waals surface area contributed by atoms with Crippen molar-refractivity contribution < 1.29 is 14.3 Å². The quantitative estimate of drug-likeness (QED) is 0.299. The first-order chi connectivity index (χ1) is 21.8. The second-order valence-corrected chi connectivity index (χ2v) is 13.4. The van der Waals surface area contributed by atoms with E-state index < -0.39 is 6.04 Å². The first-order valence-corrected chi connectivity index (χ1v) is 16.5. The van der Waals surface area contributed by atoms with Gasteiger partial charge in [-0.1, -0.05) is 42.8 Å². The third kappa shape index (κ3) is 7.07. The maximum absolute atomic E-state index is 14.7. The summed E-state index contributed by atoms with van der Waals surface area (Å²) >= 11 is 6.42. The molecule has 0 bridgehead atoms. The van der Waals surface area contributed by atoms with E-state index in [2.05, 4.69) is 47.5 Å². The van der Waals surface area contributed by atoms with Gasteiger partial charge in [0.15, 0.2) is 0 Å². The molecule has 8 nitrogen and oxygen atoms in total. The van der Waals surface area contributed by atoms with Crippen molar-refractivity contribution in [1.82, 2.24) is 20.1 Å². The van der Waals surface area contributed by atoms with Crippen molar-refractivity contribution in [2.75, 3.05) is 45.2 Å². The Bertz CT molecular complexity index is 1590. The molecule has 238 valence electrons. The van der Waals surface area contributed by atoms with Crippen LogP contribution in [0, 0.1) is 5.92 Å². The van der Waals surface area contributed by atoms with E-state index >= 15 is 0 Å². The summed E-state index contributed by atoms with van der Waals surface area (Å²) in [7, 11) is 4.11. The molecule has 2 N–H and O–H groups in total. The Morgan fingerprint density at radius 2 is 1.93 bits per heavy atom. The lowest BCUT2D eigenvalue weighted by atomic mass is 9.88. The molecule has 3 atom stereocenters. The normalized spacial score (nSPS) is 20.1. The van der Waals surface area contributed by atoms with E-state index in [4.69, 9.17) is 16.3 Å². The summed E-state index contributed by atoms with van der Waals surface area (Å²) in [5.74, 6) is 0.775. The largest absolute Gasteiger partial charge is 0.491 e. The molecule has 3 aliphatic rings. The summed E-state index contributed by atoms with van der Waals surface area (Å²) in [6.07, 6.45) is 12.8. The van der Waals surface area contributed by atoms with Crippen molar-refractivity contribution in [1.29, 1.82) is 0 Å². The molecule has 3 heterocycles. The molecule has 3 aromatic rings. The fourth-order valence-corrected chi connectivity index (χ4v) is 7.24. The van der Waals surface area contributed by atoms with E-state index in [0.29, 0.717) is 24.7 Å². The summed E-state index contributed by atoms with van der Waals surface area (Å²) in [5.41, 5.74) is 3.94.